The third kappa shape index (κ3) is 1.85. The van der Waals surface area contributed by atoms with Crippen LogP contribution in [-0.4, -0.2) is 11.1 Å². The van der Waals surface area contributed by atoms with Crippen LogP contribution < -0.4 is 5.11 Å². The Labute approximate surface area is 99.1 Å². The maximum Gasteiger partial charge on any atom is 0.416 e. The van der Waals surface area contributed by atoms with Crippen LogP contribution in [0.3, 0.4) is 0 Å². The fourth-order valence-electron chi connectivity index (χ4n) is 1.77. The molecule has 0 radical (unpaired) electrons. The van der Waals surface area contributed by atoms with Crippen molar-refractivity contribution in [2.75, 3.05) is 0 Å². The first-order chi connectivity index (χ1) is 8.32. The van der Waals surface area contributed by atoms with Gasteiger partial charge in [0.2, 0.25) is 0 Å². The smallest absolute Gasteiger partial charge is 0.416 e. The molecule has 0 aliphatic rings. The zero-order chi connectivity index (χ0) is 13.5. The van der Waals surface area contributed by atoms with Crippen LogP contribution in [0.5, 0.6) is 5.75 Å². The van der Waals surface area contributed by atoms with Crippen molar-refractivity contribution >= 4 is 16.7 Å². The summed E-state index contributed by atoms with van der Waals surface area (Å²) in [5.41, 5.74) is -2.31. The minimum absolute atomic E-state index is 0.0711. The third-order valence-corrected chi connectivity index (χ3v) is 2.52. The summed E-state index contributed by atoms with van der Waals surface area (Å²) in [7, 11) is 0. The number of carboxylic acid groups (broad SMARTS) is 1. The highest BCUT2D eigenvalue weighted by molar-refractivity contribution is 5.99. The van der Waals surface area contributed by atoms with E-state index in [0.717, 1.165) is 12.1 Å². The Morgan fingerprint density at radius 3 is 2.39 bits per heavy atom. The van der Waals surface area contributed by atoms with Crippen LogP contribution >= 0.6 is 0 Å². The van der Waals surface area contributed by atoms with Gasteiger partial charge in [0.05, 0.1) is 11.1 Å². The molecule has 3 nitrogen and oxygen atoms in total. The van der Waals surface area contributed by atoms with Gasteiger partial charge in [-0.2, -0.15) is 13.2 Å². The van der Waals surface area contributed by atoms with Gasteiger partial charge >= 0.3 is 12.1 Å². The number of halogens is 3. The largest absolute Gasteiger partial charge is 0.871 e. The topological polar surface area (TPSA) is 60.4 Å². The van der Waals surface area contributed by atoms with E-state index in [1.807, 2.05) is 0 Å². The molecule has 18 heavy (non-hydrogen) atoms. The van der Waals surface area contributed by atoms with Gasteiger partial charge < -0.3 is 10.2 Å². The van der Waals surface area contributed by atoms with Gasteiger partial charge in [-0.1, -0.05) is 30.0 Å². The molecular weight excluding hydrogens is 249 g/mol. The summed E-state index contributed by atoms with van der Waals surface area (Å²) < 4.78 is 38.5. The van der Waals surface area contributed by atoms with E-state index >= 15 is 0 Å². The lowest BCUT2D eigenvalue weighted by molar-refractivity contribution is -0.276. The van der Waals surface area contributed by atoms with Gasteiger partial charge in [-0.15, -0.1) is 0 Å². The summed E-state index contributed by atoms with van der Waals surface area (Å²) in [5, 5.41) is 20.1. The third-order valence-electron chi connectivity index (χ3n) is 2.52. The highest BCUT2D eigenvalue weighted by Gasteiger charge is 2.34. The van der Waals surface area contributed by atoms with Gasteiger partial charge in [0.15, 0.2) is 0 Å². The van der Waals surface area contributed by atoms with Gasteiger partial charge in [-0.25, -0.2) is 4.79 Å². The number of carboxylic acids is 1. The number of hydrogen-bond donors (Lipinski definition) is 1. The second-order valence-electron chi connectivity index (χ2n) is 3.65. The highest BCUT2D eigenvalue weighted by Crippen LogP contribution is 2.41. The molecule has 0 heterocycles. The van der Waals surface area contributed by atoms with Crippen molar-refractivity contribution in [1.29, 1.82) is 0 Å². The predicted octanol–water partition coefficient (Wildman–Crippen LogP) is 2.63. The predicted molar refractivity (Wildman–Crippen MR) is 55.4 cm³/mol. The van der Waals surface area contributed by atoms with Crippen LogP contribution in [0, 0.1) is 0 Å². The first-order valence-corrected chi connectivity index (χ1v) is 4.85. The molecule has 1 N–H and O–H groups in total. The zero-order valence-electron chi connectivity index (χ0n) is 8.78. The molecule has 94 valence electrons. The lowest BCUT2D eigenvalue weighted by Gasteiger charge is -2.21. The van der Waals surface area contributed by atoms with Crippen molar-refractivity contribution < 1.29 is 28.2 Å². The molecule has 0 aliphatic carbocycles. The number of fused-ring (bicyclic) bond motifs is 1. The molecule has 0 fully saturated rings. The fraction of sp³-hybridized carbons (Fsp3) is 0.0833. The van der Waals surface area contributed by atoms with Crippen molar-refractivity contribution in [3.63, 3.8) is 0 Å². The maximum absolute atomic E-state index is 12.8. The summed E-state index contributed by atoms with van der Waals surface area (Å²) in [6.07, 6.45) is -4.89. The van der Waals surface area contributed by atoms with Crippen LogP contribution in [0.15, 0.2) is 30.3 Å². The molecule has 0 aromatic heterocycles. The molecular formula is C12H6F3O3-. The normalized spacial score (nSPS) is 11.7. The van der Waals surface area contributed by atoms with Crippen molar-refractivity contribution in [3.8, 4) is 5.75 Å². The first kappa shape index (κ1) is 12.2. The first-order valence-electron chi connectivity index (χ1n) is 4.85. The van der Waals surface area contributed by atoms with Gasteiger partial charge in [-0.3, -0.25) is 0 Å². The Bertz CT molecular complexity index is 632. The minimum Gasteiger partial charge on any atom is -0.871 e. The molecule has 6 heteroatoms. The highest BCUT2D eigenvalue weighted by atomic mass is 19.4. The maximum atomic E-state index is 12.8. The molecule has 0 atom stereocenters. The standard InChI is InChI=1S/C12H7F3O3/c13-12(14,15)9-7-4-2-1-3-6(7)5-8(10(9)16)11(17)18/h1-5,16H,(H,17,18)/p-1. The Hall–Kier alpha value is -2.24. The number of rotatable bonds is 1. The Morgan fingerprint density at radius 2 is 1.83 bits per heavy atom. The van der Waals surface area contributed by atoms with E-state index in [2.05, 4.69) is 0 Å². The van der Waals surface area contributed by atoms with E-state index in [1.165, 1.54) is 18.2 Å². The summed E-state index contributed by atoms with van der Waals surface area (Å²) in [4.78, 5) is 10.8. The van der Waals surface area contributed by atoms with E-state index in [1.54, 1.807) is 0 Å². The van der Waals surface area contributed by atoms with Crippen LogP contribution in [0.2, 0.25) is 0 Å². The molecule has 0 saturated heterocycles. The lowest BCUT2D eigenvalue weighted by atomic mass is 9.99. The number of benzene rings is 2. The number of alkyl halides is 3. The Kier molecular flexibility index (Phi) is 2.65. The molecule has 2 aromatic carbocycles. The molecule has 0 aliphatic heterocycles. The van der Waals surface area contributed by atoms with Crippen molar-refractivity contribution in [2.45, 2.75) is 6.18 Å². The van der Waals surface area contributed by atoms with E-state index in [-0.39, 0.29) is 10.8 Å². The van der Waals surface area contributed by atoms with Crippen LogP contribution in [0.4, 0.5) is 13.2 Å². The number of carbonyl (C=O) groups is 1. The molecule has 0 saturated carbocycles. The zero-order valence-corrected chi connectivity index (χ0v) is 8.78. The minimum atomic E-state index is -4.89. The lowest BCUT2D eigenvalue weighted by Crippen LogP contribution is -2.14. The van der Waals surface area contributed by atoms with Crippen LogP contribution in [0.1, 0.15) is 15.9 Å². The summed E-state index contributed by atoms with van der Waals surface area (Å²) >= 11 is 0. The summed E-state index contributed by atoms with van der Waals surface area (Å²) in [6.45, 7) is 0. The van der Waals surface area contributed by atoms with Gasteiger partial charge in [0.1, 0.15) is 0 Å². The van der Waals surface area contributed by atoms with Crippen molar-refractivity contribution in [2.24, 2.45) is 0 Å². The number of hydrogen-bond acceptors (Lipinski definition) is 2. The summed E-state index contributed by atoms with van der Waals surface area (Å²) in [5.74, 6) is -3.18. The molecule has 0 unspecified atom stereocenters. The monoisotopic (exact) mass is 255 g/mol. The number of aromatic carboxylic acids is 1. The second-order valence-corrected chi connectivity index (χ2v) is 3.65. The van der Waals surface area contributed by atoms with Gasteiger partial charge in [-0.05, 0) is 16.8 Å². The molecule has 2 rings (SSSR count). The SMILES string of the molecule is O=C(O)c1cc2ccccc2c(C(F)(F)F)c1[O-]. The Morgan fingerprint density at radius 1 is 1.22 bits per heavy atom. The van der Waals surface area contributed by atoms with Crippen LogP contribution in [-0.2, 0) is 6.18 Å². The Balaban J connectivity index is 2.95. The van der Waals surface area contributed by atoms with Crippen LogP contribution in [0.25, 0.3) is 10.8 Å². The van der Waals surface area contributed by atoms with E-state index in [9.17, 15) is 23.1 Å². The molecule has 2 aromatic rings. The van der Waals surface area contributed by atoms with Crippen molar-refractivity contribution in [1.82, 2.24) is 0 Å². The molecule has 0 amide bonds. The van der Waals surface area contributed by atoms with Gasteiger partial charge in [0.25, 0.3) is 0 Å². The summed E-state index contributed by atoms with van der Waals surface area (Å²) in [6, 6.07) is 6.26. The van der Waals surface area contributed by atoms with Gasteiger partial charge in [0, 0.05) is 0 Å². The second kappa shape index (κ2) is 3.90. The molecule has 0 spiro atoms. The average molecular weight is 255 g/mol. The molecule has 0 bridgehead atoms. The van der Waals surface area contributed by atoms with E-state index < -0.39 is 29.0 Å². The fourth-order valence-corrected chi connectivity index (χ4v) is 1.77. The average Bonchev–Trinajstić information content (AvgIpc) is 2.25. The van der Waals surface area contributed by atoms with E-state index in [0.29, 0.717) is 0 Å². The van der Waals surface area contributed by atoms with Crippen molar-refractivity contribution in [3.05, 3.63) is 41.5 Å². The van der Waals surface area contributed by atoms with E-state index in [4.69, 9.17) is 5.11 Å². The quantitative estimate of drug-likeness (QED) is 0.852.